The van der Waals surface area contributed by atoms with Gasteiger partial charge in [0.05, 0.1) is 0 Å². The first-order valence-electron chi connectivity index (χ1n) is 8.92. The number of carbonyl (C=O) groups excluding carboxylic acids is 3. The van der Waals surface area contributed by atoms with Gasteiger partial charge in [-0.25, -0.2) is 0 Å². The Morgan fingerprint density at radius 3 is 2.65 bits per heavy atom. The molecule has 2 N–H and O–H groups in total. The molecule has 0 bridgehead atoms. The maximum absolute atomic E-state index is 12.8. The molecule has 1 aromatic rings. The Morgan fingerprint density at radius 2 is 1.92 bits per heavy atom. The molecule has 1 aromatic carbocycles. The van der Waals surface area contributed by atoms with Gasteiger partial charge in [-0.15, -0.1) is 0 Å². The molecule has 3 heterocycles. The van der Waals surface area contributed by atoms with Crippen LogP contribution in [0.4, 0.5) is 0 Å². The maximum Gasteiger partial charge on any atom is 0.255 e. The number of piperidine rings is 1. The fourth-order valence-electron chi connectivity index (χ4n) is 3.87. The SMILES string of the molecule is O=C1CCC(N2Cc3cc(CN4CCNCC4)c(Br)cc3C2=O)C(=O)N1. The third-order valence-corrected chi connectivity index (χ3v) is 6.03. The smallest absolute Gasteiger partial charge is 0.255 e. The van der Waals surface area contributed by atoms with Crippen LogP contribution in [0.1, 0.15) is 34.3 Å². The first-order chi connectivity index (χ1) is 12.5. The zero-order valence-corrected chi connectivity index (χ0v) is 16.0. The highest BCUT2D eigenvalue weighted by Gasteiger charge is 2.39. The Balaban J connectivity index is 1.54. The van der Waals surface area contributed by atoms with E-state index in [0.29, 0.717) is 18.5 Å². The molecule has 3 aliphatic rings. The summed E-state index contributed by atoms with van der Waals surface area (Å²) >= 11 is 3.60. The molecule has 1 unspecified atom stereocenters. The number of halogens is 1. The summed E-state index contributed by atoms with van der Waals surface area (Å²) in [5, 5.41) is 5.68. The number of carbonyl (C=O) groups is 3. The highest BCUT2D eigenvalue weighted by atomic mass is 79.9. The molecule has 3 aliphatic heterocycles. The van der Waals surface area contributed by atoms with Gasteiger partial charge in [-0.1, -0.05) is 22.0 Å². The van der Waals surface area contributed by atoms with Gasteiger partial charge in [0, 0.05) is 55.7 Å². The quantitative estimate of drug-likeness (QED) is 0.700. The molecular weight excluding hydrogens is 400 g/mol. The van der Waals surface area contributed by atoms with Crippen molar-refractivity contribution in [2.45, 2.75) is 32.0 Å². The van der Waals surface area contributed by atoms with E-state index in [4.69, 9.17) is 0 Å². The summed E-state index contributed by atoms with van der Waals surface area (Å²) in [6.45, 7) is 5.24. The number of piperazine rings is 1. The Hall–Kier alpha value is -1.77. The highest BCUT2D eigenvalue weighted by Crippen LogP contribution is 2.32. The third-order valence-electron chi connectivity index (χ3n) is 5.29. The molecule has 0 radical (unpaired) electrons. The molecule has 8 heteroatoms. The monoisotopic (exact) mass is 420 g/mol. The van der Waals surface area contributed by atoms with Crippen molar-refractivity contribution in [2.24, 2.45) is 0 Å². The second kappa shape index (κ2) is 7.09. The van der Waals surface area contributed by atoms with E-state index < -0.39 is 6.04 Å². The van der Waals surface area contributed by atoms with E-state index in [2.05, 4.69) is 37.5 Å². The number of hydrogen-bond acceptors (Lipinski definition) is 5. The van der Waals surface area contributed by atoms with Crippen molar-refractivity contribution in [3.63, 3.8) is 0 Å². The van der Waals surface area contributed by atoms with Crippen LogP contribution in [0, 0.1) is 0 Å². The van der Waals surface area contributed by atoms with Crippen molar-refractivity contribution in [2.75, 3.05) is 26.2 Å². The standard InChI is InChI=1S/C18H21BrN4O3/c19-14-8-13-11(7-12(14)9-22-5-3-20-4-6-22)10-23(18(13)26)15-1-2-16(24)21-17(15)25/h7-8,15,20H,1-6,9-10H2,(H,21,24,25). The predicted octanol–water partition coefficient (Wildman–Crippen LogP) is 0.615. The maximum atomic E-state index is 12.8. The Kier molecular flexibility index (Phi) is 4.81. The van der Waals surface area contributed by atoms with Crippen LogP contribution in [0.2, 0.25) is 0 Å². The highest BCUT2D eigenvalue weighted by molar-refractivity contribution is 9.10. The molecule has 4 rings (SSSR count). The minimum Gasteiger partial charge on any atom is -0.322 e. The summed E-state index contributed by atoms with van der Waals surface area (Å²) < 4.78 is 0.924. The lowest BCUT2D eigenvalue weighted by molar-refractivity contribution is -0.136. The van der Waals surface area contributed by atoms with E-state index in [1.165, 1.54) is 0 Å². The Bertz CT molecular complexity index is 776. The molecule has 2 saturated heterocycles. The molecular formula is C18H21BrN4O3. The normalized spacial score (nSPS) is 24.0. The molecule has 0 aromatic heterocycles. The van der Waals surface area contributed by atoms with Crippen molar-refractivity contribution in [1.82, 2.24) is 20.4 Å². The fourth-order valence-corrected chi connectivity index (χ4v) is 4.34. The van der Waals surface area contributed by atoms with Crippen molar-refractivity contribution in [1.29, 1.82) is 0 Å². The van der Waals surface area contributed by atoms with Crippen LogP contribution in [0.15, 0.2) is 16.6 Å². The number of nitrogens with zero attached hydrogens (tertiary/aromatic N) is 2. The van der Waals surface area contributed by atoms with E-state index in [1.807, 2.05) is 6.07 Å². The summed E-state index contributed by atoms with van der Waals surface area (Å²) in [5.41, 5.74) is 2.75. The van der Waals surface area contributed by atoms with Crippen LogP contribution in [0.3, 0.4) is 0 Å². The number of imide groups is 1. The summed E-state index contributed by atoms with van der Waals surface area (Å²) in [4.78, 5) is 40.3. The van der Waals surface area contributed by atoms with E-state index in [0.717, 1.165) is 48.3 Å². The average molecular weight is 421 g/mol. The second-order valence-corrected chi connectivity index (χ2v) is 7.88. The Morgan fingerprint density at radius 1 is 1.15 bits per heavy atom. The molecule has 26 heavy (non-hydrogen) atoms. The van der Waals surface area contributed by atoms with E-state index in [-0.39, 0.29) is 24.1 Å². The average Bonchev–Trinajstić information content (AvgIpc) is 2.92. The molecule has 7 nitrogen and oxygen atoms in total. The van der Waals surface area contributed by atoms with E-state index in [1.54, 1.807) is 4.90 Å². The van der Waals surface area contributed by atoms with Crippen LogP contribution in [-0.4, -0.2) is 59.7 Å². The van der Waals surface area contributed by atoms with Crippen molar-refractivity contribution < 1.29 is 14.4 Å². The lowest BCUT2D eigenvalue weighted by atomic mass is 10.0. The van der Waals surface area contributed by atoms with Crippen molar-refractivity contribution >= 4 is 33.7 Å². The molecule has 2 fully saturated rings. The van der Waals surface area contributed by atoms with Gasteiger partial charge in [0.25, 0.3) is 5.91 Å². The number of rotatable bonds is 3. The molecule has 1 atom stereocenters. The molecule has 0 spiro atoms. The number of fused-ring (bicyclic) bond motifs is 1. The first-order valence-corrected chi connectivity index (χ1v) is 9.71. The molecule has 138 valence electrons. The lowest BCUT2D eigenvalue weighted by Crippen LogP contribution is -2.52. The second-order valence-electron chi connectivity index (χ2n) is 7.03. The van der Waals surface area contributed by atoms with Gasteiger partial charge in [0.15, 0.2) is 0 Å². The minimum absolute atomic E-state index is 0.135. The van der Waals surface area contributed by atoms with Crippen LogP contribution >= 0.6 is 15.9 Å². The van der Waals surface area contributed by atoms with Crippen LogP contribution in [-0.2, 0) is 22.7 Å². The summed E-state index contributed by atoms with van der Waals surface area (Å²) in [5.74, 6) is -0.775. The van der Waals surface area contributed by atoms with E-state index in [9.17, 15) is 14.4 Å². The minimum atomic E-state index is -0.567. The first kappa shape index (κ1) is 17.6. The topological polar surface area (TPSA) is 81.8 Å². The molecule has 3 amide bonds. The summed E-state index contributed by atoms with van der Waals surface area (Å²) in [6.07, 6.45) is 0.660. The third kappa shape index (κ3) is 3.28. The summed E-state index contributed by atoms with van der Waals surface area (Å²) in [6, 6.07) is 3.38. The van der Waals surface area contributed by atoms with Crippen LogP contribution in [0.5, 0.6) is 0 Å². The van der Waals surface area contributed by atoms with Gasteiger partial charge >= 0.3 is 0 Å². The Labute approximate surface area is 160 Å². The van der Waals surface area contributed by atoms with Gasteiger partial charge in [-0.05, 0) is 23.6 Å². The lowest BCUT2D eigenvalue weighted by Gasteiger charge is -2.29. The number of benzene rings is 1. The van der Waals surface area contributed by atoms with Crippen LogP contribution in [0.25, 0.3) is 0 Å². The van der Waals surface area contributed by atoms with Gasteiger partial charge in [-0.3, -0.25) is 24.6 Å². The van der Waals surface area contributed by atoms with Gasteiger partial charge < -0.3 is 10.2 Å². The van der Waals surface area contributed by atoms with Crippen molar-refractivity contribution in [3.8, 4) is 0 Å². The zero-order valence-electron chi connectivity index (χ0n) is 14.4. The zero-order chi connectivity index (χ0) is 18.3. The number of hydrogen-bond donors (Lipinski definition) is 2. The number of amides is 3. The predicted molar refractivity (Wildman–Crippen MR) is 98.3 cm³/mol. The van der Waals surface area contributed by atoms with Gasteiger partial charge in [-0.2, -0.15) is 0 Å². The van der Waals surface area contributed by atoms with Crippen LogP contribution < -0.4 is 10.6 Å². The largest absolute Gasteiger partial charge is 0.322 e. The summed E-state index contributed by atoms with van der Waals surface area (Å²) in [7, 11) is 0. The molecule has 0 saturated carbocycles. The molecule has 0 aliphatic carbocycles. The van der Waals surface area contributed by atoms with Gasteiger partial charge in [0.2, 0.25) is 11.8 Å². The number of nitrogens with one attached hydrogen (secondary N) is 2. The van der Waals surface area contributed by atoms with E-state index >= 15 is 0 Å². The van der Waals surface area contributed by atoms with Gasteiger partial charge in [0.1, 0.15) is 6.04 Å². The van der Waals surface area contributed by atoms with Crippen molar-refractivity contribution in [3.05, 3.63) is 33.3 Å². The fraction of sp³-hybridized carbons (Fsp3) is 0.500.